The highest BCUT2D eigenvalue weighted by Gasteiger charge is 2.35. The Morgan fingerprint density at radius 1 is 0.533 bits per heavy atom. The number of phosphoric acid groups is 1. The SMILES string of the molecule is CC.Cc1c(C)c(C)c(OP(=O)(Oc2ccccc2)Oc2ccccc2)c(C)c1C. The second kappa shape index (κ2) is 10.4. The van der Waals surface area contributed by atoms with Crippen molar-refractivity contribution in [1.29, 1.82) is 0 Å². The summed E-state index contributed by atoms with van der Waals surface area (Å²) < 4.78 is 31.1. The van der Waals surface area contributed by atoms with E-state index in [0.717, 1.165) is 22.3 Å². The Morgan fingerprint density at radius 2 is 0.867 bits per heavy atom. The molecule has 0 N–H and O–H groups in total. The Hall–Kier alpha value is -2.71. The van der Waals surface area contributed by atoms with Crippen LogP contribution in [0.1, 0.15) is 41.7 Å². The van der Waals surface area contributed by atoms with Gasteiger partial charge in [-0.3, -0.25) is 0 Å². The molecule has 0 fully saturated rings. The molecule has 0 radical (unpaired) electrons. The largest absolute Gasteiger partial charge is 0.647 e. The minimum Gasteiger partial charge on any atom is -0.386 e. The summed E-state index contributed by atoms with van der Waals surface area (Å²) in [7, 11) is -3.99. The Labute approximate surface area is 180 Å². The van der Waals surface area contributed by atoms with E-state index in [4.69, 9.17) is 13.6 Å². The van der Waals surface area contributed by atoms with E-state index in [9.17, 15) is 4.57 Å². The van der Waals surface area contributed by atoms with Crippen LogP contribution in [-0.2, 0) is 4.57 Å². The van der Waals surface area contributed by atoms with Gasteiger partial charge in [-0.15, -0.1) is 0 Å². The van der Waals surface area contributed by atoms with Gasteiger partial charge < -0.3 is 13.6 Å². The first-order chi connectivity index (χ1) is 14.3. The zero-order valence-corrected chi connectivity index (χ0v) is 19.7. The lowest BCUT2D eigenvalue weighted by Crippen LogP contribution is -2.10. The van der Waals surface area contributed by atoms with Gasteiger partial charge in [0.15, 0.2) is 0 Å². The monoisotopic (exact) mass is 426 g/mol. The Bertz CT molecular complexity index is 940. The van der Waals surface area contributed by atoms with Crippen LogP contribution in [0.2, 0.25) is 0 Å². The van der Waals surface area contributed by atoms with Gasteiger partial charge in [-0.2, -0.15) is 4.57 Å². The molecule has 0 atom stereocenters. The first-order valence-electron chi connectivity index (χ1n) is 10.2. The molecule has 0 heterocycles. The summed E-state index contributed by atoms with van der Waals surface area (Å²) in [6.45, 7) is 14.1. The van der Waals surface area contributed by atoms with Gasteiger partial charge in [-0.1, -0.05) is 50.2 Å². The molecule has 0 spiro atoms. The van der Waals surface area contributed by atoms with Crippen LogP contribution in [0, 0.1) is 34.6 Å². The fraction of sp³-hybridized carbons (Fsp3) is 0.280. The molecule has 0 aromatic heterocycles. The third-order valence-corrected chi connectivity index (χ3v) is 6.33. The fourth-order valence-corrected chi connectivity index (χ4v) is 4.36. The van der Waals surface area contributed by atoms with E-state index in [1.54, 1.807) is 48.5 Å². The van der Waals surface area contributed by atoms with Gasteiger partial charge in [0.25, 0.3) is 0 Å². The molecule has 4 nitrogen and oxygen atoms in total. The predicted octanol–water partition coefficient (Wildman–Crippen LogP) is 7.90. The van der Waals surface area contributed by atoms with E-state index in [0.29, 0.717) is 17.2 Å². The van der Waals surface area contributed by atoms with Crippen LogP contribution < -0.4 is 13.6 Å². The number of phosphoric ester groups is 1. The van der Waals surface area contributed by atoms with Crippen LogP contribution in [0.15, 0.2) is 60.7 Å². The quantitative estimate of drug-likeness (QED) is 0.376. The van der Waals surface area contributed by atoms with Crippen LogP contribution in [0.3, 0.4) is 0 Å². The third kappa shape index (κ3) is 5.46. The van der Waals surface area contributed by atoms with Crippen LogP contribution in [-0.4, -0.2) is 0 Å². The maximum atomic E-state index is 13.7. The van der Waals surface area contributed by atoms with Crippen LogP contribution in [0.5, 0.6) is 17.2 Å². The van der Waals surface area contributed by atoms with Crippen molar-refractivity contribution in [3.8, 4) is 17.2 Å². The van der Waals surface area contributed by atoms with Crippen molar-refractivity contribution in [3.63, 3.8) is 0 Å². The molecule has 30 heavy (non-hydrogen) atoms. The van der Waals surface area contributed by atoms with Gasteiger partial charge in [0, 0.05) is 0 Å². The molecule has 5 heteroatoms. The van der Waals surface area contributed by atoms with Crippen molar-refractivity contribution in [3.05, 3.63) is 88.5 Å². The summed E-state index contributed by atoms with van der Waals surface area (Å²) in [6.07, 6.45) is 0. The molecule has 3 rings (SSSR count). The molecule has 160 valence electrons. The number of hydrogen-bond donors (Lipinski definition) is 0. The number of rotatable bonds is 6. The molecule has 0 aliphatic carbocycles. The molecule has 0 bridgehead atoms. The molecule has 3 aromatic carbocycles. The van der Waals surface area contributed by atoms with Crippen molar-refractivity contribution >= 4 is 7.82 Å². The second-order valence-electron chi connectivity index (χ2n) is 6.80. The lowest BCUT2D eigenvalue weighted by atomic mass is 9.94. The molecule has 3 aromatic rings. The van der Waals surface area contributed by atoms with E-state index < -0.39 is 7.82 Å². The van der Waals surface area contributed by atoms with Crippen molar-refractivity contribution in [2.24, 2.45) is 0 Å². The van der Waals surface area contributed by atoms with Gasteiger partial charge in [0.1, 0.15) is 17.2 Å². The predicted molar refractivity (Wildman–Crippen MR) is 124 cm³/mol. The van der Waals surface area contributed by atoms with Gasteiger partial charge in [-0.05, 0) is 86.7 Å². The number of hydrogen-bond acceptors (Lipinski definition) is 4. The average Bonchev–Trinajstić information content (AvgIpc) is 2.77. The van der Waals surface area contributed by atoms with Crippen LogP contribution in [0.4, 0.5) is 0 Å². The first kappa shape index (κ1) is 23.6. The normalized spacial score (nSPS) is 10.6. The van der Waals surface area contributed by atoms with Gasteiger partial charge in [0.2, 0.25) is 0 Å². The van der Waals surface area contributed by atoms with E-state index in [-0.39, 0.29) is 0 Å². The third-order valence-electron chi connectivity index (χ3n) is 5.06. The molecule has 0 aliphatic heterocycles. The smallest absolute Gasteiger partial charge is 0.386 e. The van der Waals surface area contributed by atoms with Crippen molar-refractivity contribution in [1.82, 2.24) is 0 Å². The first-order valence-corrected chi connectivity index (χ1v) is 11.6. The summed E-state index contributed by atoms with van der Waals surface area (Å²) >= 11 is 0. The van der Waals surface area contributed by atoms with E-state index in [2.05, 4.69) is 6.92 Å². The Kier molecular flexibility index (Phi) is 8.14. The number of benzene rings is 3. The van der Waals surface area contributed by atoms with E-state index >= 15 is 0 Å². The minimum atomic E-state index is -3.99. The molecule has 0 saturated heterocycles. The summed E-state index contributed by atoms with van der Waals surface area (Å²) in [5.74, 6) is 1.37. The Balaban J connectivity index is 0.00000155. The van der Waals surface area contributed by atoms with Gasteiger partial charge in [0.05, 0.1) is 0 Å². The Morgan fingerprint density at radius 3 is 1.23 bits per heavy atom. The maximum absolute atomic E-state index is 13.7. The van der Waals surface area contributed by atoms with E-state index in [1.807, 2.05) is 53.7 Å². The summed E-state index contributed by atoms with van der Waals surface area (Å²) in [5.41, 5.74) is 5.25. The fourth-order valence-electron chi connectivity index (χ4n) is 2.99. The maximum Gasteiger partial charge on any atom is 0.647 e. The average molecular weight is 426 g/mol. The molecule has 0 aliphatic rings. The zero-order valence-electron chi connectivity index (χ0n) is 18.9. The summed E-state index contributed by atoms with van der Waals surface area (Å²) in [4.78, 5) is 0. The van der Waals surface area contributed by atoms with Crippen LogP contribution >= 0.6 is 7.82 Å². The molecule has 0 unspecified atom stereocenters. The highest BCUT2D eigenvalue weighted by atomic mass is 31.2. The molecule has 0 amide bonds. The highest BCUT2D eigenvalue weighted by molar-refractivity contribution is 7.49. The minimum absolute atomic E-state index is 0.414. The molecular weight excluding hydrogens is 395 g/mol. The molecular formula is C25H31O4P. The summed E-state index contributed by atoms with van der Waals surface area (Å²) in [6, 6.07) is 17.8. The van der Waals surface area contributed by atoms with Crippen molar-refractivity contribution in [2.45, 2.75) is 48.5 Å². The highest BCUT2D eigenvalue weighted by Crippen LogP contribution is 2.51. The van der Waals surface area contributed by atoms with Gasteiger partial charge >= 0.3 is 7.82 Å². The van der Waals surface area contributed by atoms with Crippen molar-refractivity contribution in [2.75, 3.05) is 0 Å². The van der Waals surface area contributed by atoms with Crippen LogP contribution in [0.25, 0.3) is 0 Å². The standard InChI is InChI=1S/C23H25O4P.C2H6/c1-16-17(2)19(4)23(20(5)18(16)3)27-28(24,25-21-12-8-6-9-13-21)26-22-14-10-7-11-15-22;1-2/h6-15H,1-5H3;1-2H3. The van der Waals surface area contributed by atoms with Gasteiger partial charge in [-0.25, -0.2) is 0 Å². The zero-order chi connectivity index (χ0) is 22.3. The molecule has 0 saturated carbocycles. The second-order valence-corrected chi connectivity index (χ2v) is 8.24. The number of para-hydroxylation sites is 2. The summed E-state index contributed by atoms with van der Waals surface area (Å²) in [5, 5.41) is 0. The lowest BCUT2D eigenvalue weighted by molar-refractivity contribution is 0.297. The van der Waals surface area contributed by atoms with Crippen molar-refractivity contribution < 1.29 is 18.1 Å². The van der Waals surface area contributed by atoms with E-state index in [1.165, 1.54) is 5.56 Å². The lowest BCUT2D eigenvalue weighted by Gasteiger charge is -2.23. The topological polar surface area (TPSA) is 44.8 Å².